The van der Waals surface area contributed by atoms with Crippen molar-refractivity contribution in [2.45, 2.75) is 18.6 Å². The highest BCUT2D eigenvalue weighted by atomic mass is 35.5. The Morgan fingerprint density at radius 1 is 1.12 bits per heavy atom. The molecule has 1 heterocycles. The monoisotopic (exact) mass is 352 g/mol. The number of aliphatic imine (C=N–C) groups is 1. The normalized spacial score (nSPS) is 17.6. The second-order valence-electron chi connectivity index (χ2n) is 5.33. The van der Waals surface area contributed by atoms with E-state index in [-0.39, 0.29) is 11.6 Å². The van der Waals surface area contributed by atoms with Gasteiger partial charge in [-0.05, 0) is 29.8 Å². The third-order valence-electron chi connectivity index (χ3n) is 3.71. The minimum absolute atomic E-state index is 0.139. The van der Waals surface area contributed by atoms with Crippen LogP contribution in [-0.4, -0.2) is 18.3 Å². The fourth-order valence-electron chi connectivity index (χ4n) is 2.47. The van der Waals surface area contributed by atoms with Gasteiger partial charge in [0, 0.05) is 11.4 Å². The van der Waals surface area contributed by atoms with Crippen molar-refractivity contribution in [3.05, 3.63) is 64.7 Å². The van der Waals surface area contributed by atoms with Crippen molar-refractivity contribution >= 4 is 29.5 Å². The molecule has 0 N–H and O–H groups in total. The molecule has 0 bridgehead atoms. The van der Waals surface area contributed by atoms with E-state index >= 15 is 0 Å². The Morgan fingerprint density at radius 3 is 2.58 bits per heavy atom. The first-order chi connectivity index (χ1) is 11.4. The third kappa shape index (κ3) is 3.28. The molecule has 1 aliphatic heterocycles. The highest BCUT2D eigenvalue weighted by Crippen LogP contribution is 2.32. The summed E-state index contributed by atoms with van der Waals surface area (Å²) in [6.45, 7) is 0. The first-order valence-electron chi connectivity index (χ1n) is 7.13. The molecule has 1 unspecified atom stereocenters. The van der Waals surface area contributed by atoms with Crippen LogP contribution in [0.1, 0.15) is 11.1 Å². The van der Waals surface area contributed by atoms with Crippen molar-refractivity contribution in [1.29, 1.82) is 0 Å². The standard InChI is InChI=1S/C17H12ClF3N2O/c18-14-7-2-1-4-11(14)8-15-16(24)23(10-22-15)13-6-3-5-12(9-13)17(19,20)21/h1-7,9-10,15H,8H2. The summed E-state index contributed by atoms with van der Waals surface area (Å²) in [4.78, 5) is 17.7. The number of rotatable bonds is 3. The van der Waals surface area contributed by atoms with E-state index in [1.165, 1.54) is 18.5 Å². The van der Waals surface area contributed by atoms with E-state index in [1.54, 1.807) is 24.3 Å². The quantitative estimate of drug-likeness (QED) is 0.808. The van der Waals surface area contributed by atoms with Crippen LogP contribution in [-0.2, 0) is 17.4 Å². The Morgan fingerprint density at radius 2 is 1.88 bits per heavy atom. The minimum Gasteiger partial charge on any atom is -0.272 e. The lowest BCUT2D eigenvalue weighted by Crippen LogP contribution is -2.32. The number of amides is 1. The van der Waals surface area contributed by atoms with E-state index in [2.05, 4.69) is 4.99 Å². The van der Waals surface area contributed by atoms with Crippen LogP contribution in [0.3, 0.4) is 0 Å². The molecule has 1 amide bonds. The molecule has 24 heavy (non-hydrogen) atoms. The molecule has 0 radical (unpaired) electrons. The van der Waals surface area contributed by atoms with Gasteiger partial charge in [-0.1, -0.05) is 35.9 Å². The molecule has 3 rings (SSSR count). The number of carbonyl (C=O) groups excluding carboxylic acids is 1. The smallest absolute Gasteiger partial charge is 0.272 e. The fraction of sp³-hybridized carbons (Fsp3) is 0.176. The van der Waals surface area contributed by atoms with Crippen molar-refractivity contribution in [2.24, 2.45) is 4.99 Å². The molecular formula is C17H12ClF3N2O. The number of alkyl halides is 3. The van der Waals surface area contributed by atoms with Gasteiger partial charge in [-0.15, -0.1) is 0 Å². The maximum Gasteiger partial charge on any atom is 0.416 e. The molecule has 0 fully saturated rings. The summed E-state index contributed by atoms with van der Waals surface area (Å²) in [5.74, 6) is -0.380. The van der Waals surface area contributed by atoms with E-state index in [0.717, 1.165) is 22.6 Å². The van der Waals surface area contributed by atoms with E-state index < -0.39 is 17.8 Å². The molecule has 124 valence electrons. The Hall–Kier alpha value is -2.34. The van der Waals surface area contributed by atoms with Crippen molar-refractivity contribution in [3.63, 3.8) is 0 Å². The number of anilines is 1. The Kier molecular flexibility index (Phi) is 4.32. The summed E-state index contributed by atoms with van der Waals surface area (Å²) in [5.41, 5.74) is 0.0940. The van der Waals surface area contributed by atoms with Gasteiger partial charge in [-0.25, -0.2) is 0 Å². The Balaban J connectivity index is 1.80. The third-order valence-corrected chi connectivity index (χ3v) is 4.08. The summed E-state index contributed by atoms with van der Waals surface area (Å²) < 4.78 is 38.4. The predicted molar refractivity (Wildman–Crippen MR) is 86.4 cm³/mol. The van der Waals surface area contributed by atoms with Crippen molar-refractivity contribution in [3.8, 4) is 0 Å². The van der Waals surface area contributed by atoms with Crippen molar-refractivity contribution in [1.82, 2.24) is 0 Å². The summed E-state index contributed by atoms with van der Waals surface area (Å²) >= 11 is 6.07. The van der Waals surface area contributed by atoms with Crippen LogP contribution < -0.4 is 4.90 Å². The van der Waals surface area contributed by atoms with E-state index in [9.17, 15) is 18.0 Å². The van der Waals surface area contributed by atoms with E-state index in [0.29, 0.717) is 11.4 Å². The molecule has 2 aromatic carbocycles. The van der Waals surface area contributed by atoms with Gasteiger partial charge in [0.15, 0.2) is 0 Å². The van der Waals surface area contributed by atoms with Gasteiger partial charge in [0.25, 0.3) is 5.91 Å². The summed E-state index contributed by atoms with van der Waals surface area (Å²) in [6.07, 6.45) is -2.91. The first kappa shape index (κ1) is 16.5. The van der Waals surface area contributed by atoms with Crippen LogP contribution in [0, 0.1) is 0 Å². The lowest BCUT2D eigenvalue weighted by atomic mass is 10.1. The molecule has 7 heteroatoms. The maximum atomic E-state index is 12.8. The minimum atomic E-state index is -4.47. The molecular weight excluding hydrogens is 341 g/mol. The molecule has 3 nitrogen and oxygen atoms in total. The topological polar surface area (TPSA) is 32.7 Å². The van der Waals surface area contributed by atoms with Crippen LogP contribution in [0.15, 0.2) is 53.5 Å². The Labute approximate surface area is 141 Å². The summed E-state index contributed by atoms with van der Waals surface area (Å²) in [5, 5.41) is 0.526. The zero-order valence-corrected chi connectivity index (χ0v) is 13.1. The lowest BCUT2D eigenvalue weighted by Gasteiger charge is -2.16. The number of hydrogen-bond acceptors (Lipinski definition) is 2. The molecule has 0 aromatic heterocycles. The van der Waals surface area contributed by atoms with Crippen molar-refractivity contribution < 1.29 is 18.0 Å². The second-order valence-corrected chi connectivity index (χ2v) is 5.74. The molecule has 1 atom stereocenters. The van der Waals surface area contributed by atoms with E-state index in [1.807, 2.05) is 0 Å². The average Bonchev–Trinajstić information content (AvgIpc) is 2.90. The van der Waals surface area contributed by atoms with Gasteiger partial charge >= 0.3 is 6.18 Å². The van der Waals surface area contributed by atoms with Crippen LogP contribution in [0.25, 0.3) is 0 Å². The summed E-state index contributed by atoms with van der Waals surface area (Å²) in [6, 6.07) is 11.0. The predicted octanol–water partition coefficient (Wildman–Crippen LogP) is 4.35. The van der Waals surface area contributed by atoms with Gasteiger partial charge < -0.3 is 0 Å². The van der Waals surface area contributed by atoms with Crippen molar-refractivity contribution in [2.75, 3.05) is 4.90 Å². The lowest BCUT2D eigenvalue weighted by molar-refractivity contribution is -0.137. The molecule has 2 aromatic rings. The highest BCUT2D eigenvalue weighted by molar-refractivity contribution is 6.31. The van der Waals surface area contributed by atoms with Gasteiger partial charge in [0.05, 0.1) is 17.6 Å². The summed E-state index contributed by atoms with van der Waals surface area (Å²) in [7, 11) is 0. The van der Waals surface area contributed by atoms with E-state index in [4.69, 9.17) is 11.6 Å². The zero-order chi connectivity index (χ0) is 17.3. The molecule has 1 aliphatic rings. The van der Waals surface area contributed by atoms with Crippen LogP contribution in [0.5, 0.6) is 0 Å². The fourth-order valence-corrected chi connectivity index (χ4v) is 2.68. The molecule has 0 spiro atoms. The number of benzene rings is 2. The largest absolute Gasteiger partial charge is 0.416 e. The maximum absolute atomic E-state index is 12.8. The van der Waals surface area contributed by atoms with Gasteiger partial charge in [0.2, 0.25) is 0 Å². The SMILES string of the molecule is O=C1C(Cc2ccccc2Cl)N=CN1c1cccc(C(F)(F)F)c1. The molecule has 0 aliphatic carbocycles. The average molecular weight is 353 g/mol. The number of carbonyl (C=O) groups is 1. The van der Waals surface area contributed by atoms with Gasteiger partial charge in [-0.2, -0.15) is 13.2 Å². The zero-order valence-electron chi connectivity index (χ0n) is 12.3. The number of hydrogen-bond donors (Lipinski definition) is 0. The van der Waals surface area contributed by atoms with Crippen LogP contribution in [0.4, 0.5) is 18.9 Å². The second kappa shape index (κ2) is 6.28. The van der Waals surface area contributed by atoms with Gasteiger partial charge in [0.1, 0.15) is 6.04 Å². The number of nitrogens with zero attached hydrogens (tertiary/aromatic N) is 2. The van der Waals surface area contributed by atoms with Gasteiger partial charge in [-0.3, -0.25) is 14.7 Å². The Bertz CT molecular complexity index is 804. The highest BCUT2D eigenvalue weighted by Gasteiger charge is 2.33. The molecule has 0 saturated heterocycles. The van der Waals surface area contributed by atoms with Crippen LogP contribution in [0.2, 0.25) is 5.02 Å². The van der Waals surface area contributed by atoms with Crippen LogP contribution >= 0.6 is 11.6 Å². The molecule has 0 saturated carbocycles. The number of halogens is 4. The first-order valence-corrected chi connectivity index (χ1v) is 7.51.